The minimum atomic E-state index is -0.284. The molecule has 25 heavy (non-hydrogen) atoms. The van der Waals surface area contributed by atoms with Gasteiger partial charge in [0.15, 0.2) is 0 Å². The Morgan fingerprint density at radius 1 is 0.840 bits per heavy atom. The van der Waals surface area contributed by atoms with E-state index in [1.165, 1.54) is 50.0 Å². The van der Waals surface area contributed by atoms with Gasteiger partial charge in [0.05, 0.1) is 26.3 Å². The Hall–Kier alpha value is -0.910. The lowest BCUT2D eigenvalue weighted by atomic mass is 10.1. The number of unbranched alkanes of at least 4 members (excludes halogenated alkanes) is 9. The molecule has 0 aromatic rings. The van der Waals surface area contributed by atoms with E-state index in [1.807, 2.05) is 0 Å². The molecule has 0 amide bonds. The van der Waals surface area contributed by atoms with Crippen molar-refractivity contribution in [2.75, 3.05) is 26.3 Å². The third kappa shape index (κ3) is 17.7. The molecule has 0 saturated heterocycles. The number of hydrogen-bond donors (Lipinski definition) is 2. The van der Waals surface area contributed by atoms with Crippen LogP contribution < -0.4 is 0 Å². The predicted molar refractivity (Wildman–Crippen MR) is 102 cm³/mol. The standard InChI is InChI=1S/C20H39NO4/c1-2-3-4-5-6-7-8-9-10-11-12-13-14-15-20(24)25-21(16-18-22)17-19-23/h7-8,22-23H,2-6,9-19H2,1H3/b8-7-. The number of aliphatic hydroxyl groups is 2. The fraction of sp³-hybridized carbons (Fsp3) is 0.850. The number of carbonyl (C=O) groups is 1. The van der Waals surface area contributed by atoms with Crippen LogP contribution in [0.25, 0.3) is 0 Å². The molecule has 0 spiro atoms. The quantitative estimate of drug-likeness (QED) is 0.220. The van der Waals surface area contributed by atoms with Crippen LogP contribution in [0, 0.1) is 0 Å². The highest BCUT2D eigenvalue weighted by Crippen LogP contribution is 2.09. The van der Waals surface area contributed by atoms with Gasteiger partial charge in [0, 0.05) is 6.42 Å². The van der Waals surface area contributed by atoms with Gasteiger partial charge in [-0.15, -0.1) is 5.06 Å². The Balaban J connectivity index is 3.42. The van der Waals surface area contributed by atoms with Gasteiger partial charge in [-0.25, -0.2) is 0 Å². The molecule has 0 aromatic carbocycles. The van der Waals surface area contributed by atoms with Crippen LogP contribution >= 0.6 is 0 Å². The zero-order chi connectivity index (χ0) is 18.6. The maximum atomic E-state index is 11.7. The molecule has 2 N–H and O–H groups in total. The highest BCUT2D eigenvalue weighted by molar-refractivity contribution is 5.68. The van der Waals surface area contributed by atoms with Crippen molar-refractivity contribution in [2.45, 2.75) is 84.0 Å². The monoisotopic (exact) mass is 357 g/mol. The molecule has 0 aromatic heterocycles. The first-order valence-electron chi connectivity index (χ1n) is 10.1. The van der Waals surface area contributed by atoms with Gasteiger partial charge in [-0.2, -0.15) is 0 Å². The first-order valence-corrected chi connectivity index (χ1v) is 10.1. The summed E-state index contributed by atoms with van der Waals surface area (Å²) in [6, 6.07) is 0. The number of nitrogens with zero attached hydrogens (tertiary/aromatic N) is 1. The highest BCUT2D eigenvalue weighted by atomic mass is 16.7. The topological polar surface area (TPSA) is 70.0 Å². The smallest absolute Gasteiger partial charge is 0.325 e. The second-order valence-electron chi connectivity index (χ2n) is 6.47. The van der Waals surface area contributed by atoms with Crippen molar-refractivity contribution in [3.63, 3.8) is 0 Å². The number of rotatable bonds is 18. The summed E-state index contributed by atoms with van der Waals surface area (Å²) in [7, 11) is 0. The molecule has 5 heteroatoms. The van der Waals surface area contributed by atoms with Crippen molar-refractivity contribution in [3.8, 4) is 0 Å². The second-order valence-corrected chi connectivity index (χ2v) is 6.47. The molecule has 0 atom stereocenters. The normalized spacial score (nSPS) is 11.5. The lowest BCUT2D eigenvalue weighted by molar-refractivity contribution is -0.194. The average molecular weight is 358 g/mol. The number of hydroxylamine groups is 2. The Morgan fingerprint density at radius 3 is 1.92 bits per heavy atom. The second kappa shape index (κ2) is 19.4. The minimum absolute atomic E-state index is 0.0968. The van der Waals surface area contributed by atoms with Crippen LogP contribution in [0.4, 0.5) is 0 Å². The number of aliphatic hydroxyl groups excluding tert-OH is 2. The van der Waals surface area contributed by atoms with Gasteiger partial charge in [0.25, 0.3) is 0 Å². The fourth-order valence-corrected chi connectivity index (χ4v) is 2.60. The van der Waals surface area contributed by atoms with Gasteiger partial charge in [-0.05, 0) is 32.1 Å². The molecule has 148 valence electrons. The molecule has 5 nitrogen and oxygen atoms in total. The highest BCUT2D eigenvalue weighted by Gasteiger charge is 2.10. The lowest BCUT2D eigenvalue weighted by Crippen LogP contribution is -2.32. The molecule has 0 heterocycles. The zero-order valence-electron chi connectivity index (χ0n) is 16.1. The van der Waals surface area contributed by atoms with Crippen LogP contribution in [0.15, 0.2) is 12.2 Å². The molecule has 0 aliphatic heterocycles. The minimum Gasteiger partial charge on any atom is -0.395 e. The Bertz CT molecular complexity index is 315. The van der Waals surface area contributed by atoms with Gasteiger partial charge >= 0.3 is 5.97 Å². The first-order chi connectivity index (χ1) is 12.2. The summed E-state index contributed by atoms with van der Waals surface area (Å²) in [6.07, 6.45) is 18.1. The Morgan fingerprint density at radius 2 is 1.36 bits per heavy atom. The molecule has 0 radical (unpaired) electrons. The van der Waals surface area contributed by atoms with Crippen molar-refractivity contribution >= 4 is 5.97 Å². The Labute approximate surface area is 154 Å². The molecular formula is C20H39NO4. The van der Waals surface area contributed by atoms with Crippen LogP contribution in [-0.4, -0.2) is 47.5 Å². The summed E-state index contributed by atoms with van der Waals surface area (Å²) in [4.78, 5) is 16.8. The summed E-state index contributed by atoms with van der Waals surface area (Å²) < 4.78 is 0. The van der Waals surface area contributed by atoms with Crippen LogP contribution in [-0.2, 0) is 9.63 Å². The van der Waals surface area contributed by atoms with Gasteiger partial charge < -0.3 is 15.1 Å². The molecule has 0 fully saturated rings. The van der Waals surface area contributed by atoms with E-state index < -0.39 is 0 Å². The van der Waals surface area contributed by atoms with E-state index in [-0.39, 0.29) is 32.3 Å². The third-order valence-corrected chi connectivity index (χ3v) is 4.07. The van der Waals surface area contributed by atoms with E-state index in [0.29, 0.717) is 6.42 Å². The molecular weight excluding hydrogens is 318 g/mol. The number of hydrogen-bond acceptors (Lipinski definition) is 5. The lowest BCUT2D eigenvalue weighted by Gasteiger charge is -2.18. The van der Waals surface area contributed by atoms with Gasteiger partial charge in [-0.1, -0.05) is 57.6 Å². The van der Waals surface area contributed by atoms with Crippen LogP contribution in [0.2, 0.25) is 0 Å². The van der Waals surface area contributed by atoms with Crippen LogP contribution in [0.3, 0.4) is 0 Å². The first kappa shape index (κ1) is 24.1. The number of allylic oxidation sites excluding steroid dienone is 2. The van der Waals surface area contributed by atoms with E-state index in [9.17, 15) is 4.79 Å². The summed E-state index contributed by atoms with van der Waals surface area (Å²) in [6.45, 7) is 2.51. The van der Waals surface area contributed by atoms with E-state index in [2.05, 4.69) is 19.1 Å². The predicted octanol–water partition coefficient (Wildman–Crippen LogP) is 3.99. The van der Waals surface area contributed by atoms with Crippen molar-refractivity contribution in [1.29, 1.82) is 0 Å². The SMILES string of the molecule is CCCCCC/C=C\CCCCCCCC(=O)ON(CCO)CCO. The molecule has 0 aliphatic rings. The van der Waals surface area contributed by atoms with Crippen LogP contribution in [0.5, 0.6) is 0 Å². The van der Waals surface area contributed by atoms with Crippen molar-refractivity contribution in [2.24, 2.45) is 0 Å². The van der Waals surface area contributed by atoms with Crippen molar-refractivity contribution < 1.29 is 19.8 Å². The van der Waals surface area contributed by atoms with Crippen molar-refractivity contribution in [3.05, 3.63) is 12.2 Å². The molecule has 0 unspecified atom stereocenters. The van der Waals surface area contributed by atoms with E-state index in [4.69, 9.17) is 15.1 Å². The molecule has 0 rings (SSSR count). The largest absolute Gasteiger partial charge is 0.395 e. The zero-order valence-corrected chi connectivity index (χ0v) is 16.1. The van der Waals surface area contributed by atoms with E-state index in [1.54, 1.807) is 0 Å². The summed E-state index contributed by atoms with van der Waals surface area (Å²) in [5, 5.41) is 19.0. The summed E-state index contributed by atoms with van der Waals surface area (Å²) in [5.74, 6) is -0.284. The fourth-order valence-electron chi connectivity index (χ4n) is 2.60. The number of carbonyl (C=O) groups excluding carboxylic acids is 1. The van der Waals surface area contributed by atoms with Gasteiger partial charge in [-0.3, -0.25) is 4.79 Å². The maximum Gasteiger partial charge on any atom is 0.325 e. The van der Waals surface area contributed by atoms with Crippen LogP contribution in [0.1, 0.15) is 84.0 Å². The van der Waals surface area contributed by atoms with E-state index >= 15 is 0 Å². The third-order valence-electron chi connectivity index (χ3n) is 4.07. The maximum absolute atomic E-state index is 11.7. The summed E-state index contributed by atoms with van der Waals surface area (Å²) in [5.41, 5.74) is 0. The Kier molecular flexibility index (Phi) is 18.7. The van der Waals surface area contributed by atoms with E-state index in [0.717, 1.165) is 25.7 Å². The van der Waals surface area contributed by atoms with Crippen molar-refractivity contribution in [1.82, 2.24) is 5.06 Å². The average Bonchev–Trinajstić information content (AvgIpc) is 2.59. The molecule has 0 bridgehead atoms. The summed E-state index contributed by atoms with van der Waals surface area (Å²) >= 11 is 0. The van der Waals surface area contributed by atoms with Gasteiger partial charge in [0.2, 0.25) is 0 Å². The van der Waals surface area contributed by atoms with Gasteiger partial charge in [0.1, 0.15) is 0 Å². The molecule has 0 saturated carbocycles. The molecule has 0 aliphatic carbocycles.